The number of carbonyl (C=O) groups excluding carboxylic acids is 1. The molecule has 2 rings (SSSR count). The van der Waals surface area contributed by atoms with E-state index in [4.69, 9.17) is 23.2 Å². The molecule has 5 nitrogen and oxygen atoms in total. The predicted molar refractivity (Wildman–Crippen MR) is 116 cm³/mol. The van der Waals surface area contributed by atoms with Gasteiger partial charge in [-0.3, -0.25) is 9.10 Å². The maximum atomic E-state index is 12.8. The Kier molecular flexibility index (Phi) is 7.02. The van der Waals surface area contributed by atoms with Crippen molar-refractivity contribution < 1.29 is 13.2 Å². The fourth-order valence-electron chi connectivity index (χ4n) is 2.88. The van der Waals surface area contributed by atoms with Crippen molar-refractivity contribution in [2.45, 2.75) is 39.8 Å². The molecule has 2 atom stereocenters. The monoisotopic (exact) mass is 442 g/mol. The molecule has 0 unspecified atom stereocenters. The van der Waals surface area contributed by atoms with Gasteiger partial charge in [-0.25, -0.2) is 8.42 Å². The van der Waals surface area contributed by atoms with Crippen LogP contribution in [0.1, 0.15) is 36.6 Å². The van der Waals surface area contributed by atoms with Crippen molar-refractivity contribution in [1.82, 2.24) is 5.32 Å². The molecule has 0 saturated heterocycles. The molecular formula is C20H24Cl2N2O3S. The lowest BCUT2D eigenvalue weighted by molar-refractivity contribution is -0.122. The number of benzene rings is 2. The molecule has 0 aliphatic heterocycles. The highest BCUT2D eigenvalue weighted by Gasteiger charge is 2.30. The molecule has 0 radical (unpaired) electrons. The summed E-state index contributed by atoms with van der Waals surface area (Å²) < 4.78 is 25.8. The molecule has 0 saturated carbocycles. The molecule has 0 heterocycles. The average molecular weight is 443 g/mol. The Morgan fingerprint density at radius 1 is 1.00 bits per heavy atom. The smallest absolute Gasteiger partial charge is 0.244 e. The lowest BCUT2D eigenvalue weighted by Gasteiger charge is -2.29. The van der Waals surface area contributed by atoms with E-state index in [1.54, 1.807) is 0 Å². The Balaban J connectivity index is 2.28. The van der Waals surface area contributed by atoms with E-state index < -0.39 is 22.0 Å². The van der Waals surface area contributed by atoms with Gasteiger partial charge in [-0.2, -0.15) is 0 Å². The van der Waals surface area contributed by atoms with Crippen molar-refractivity contribution in [1.29, 1.82) is 0 Å². The van der Waals surface area contributed by atoms with Crippen molar-refractivity contribution in [3.05, 3.63) is 63.1 Å². The highest BCUT2D eigenvalue weighted by Crippen LogP contribution is 2.30. The zero-order valence-electron chi connectivity index (χ0n) is 16.5. The summed E-state index contributed by atoms with van der Waals surface area (Å²) in [5, 5.41) is 3.40. The van der Waals surface area contributed by atoms with Crippen LogP contribution in [0.3, 0.4) is 0 Å². The Morgan fingerprint density at radius 2 is 1.64 bits per heavy atom. The third-order valence-corrected chi connectivity index (χ3v) is 6.62. The molecule has 0 spiro atoms. The van der Waals surface area contributed by atoms with Crippen LogP contribution in [0.4, 0.5) is 5.69 Å². The minimum atomic E-state index is -3.73. The Labute approximate surface area is 176 Å². The first kappa shape index (κ1) is 22.5. The van der Waals surface area contributed by atoms with Gasteiger partial charge in [0.2, 0.25) is 15.9 Å². The number of rotatable bonds is 6. The van der Waals surface area contributed by atoms with Crippen LogP contribution < -0.4 is 9.62 Å². The third kappa shape index (κ3) is 5.19. The first-order chi connectivity index (χ1) is 12.9. The highest BCUT2D eigenvalue weighted by molar-refractivity contribution is 7.92. The zero-order valence-corrected chi connectivity index (χ0v) is 18.8. The first-order valence-electron chi connectivity index (χ1n) is 8.73. The summed E-state index contributed by atoms with van der Waals surface area (Å²) >= 11 is 12.0. The van der Waals surface area contributed by atoms with Crippen molar-refractivity contribution in [3.8, 4) is 0 Å². The van der Waals surface area contributed by atoms with E-state index >= 15 is 0 Å². The molecule has 0 aromatic heterocycles. The minimum absolute atomic E-state index is 0.212. The van der Waals surface area contributed by atoms with E-state index in [0.29, 0.717) is 5.02 Å². The Morgan fingerprint density at radius 3 is 2.18 bits per heavy atom. The van der Waals surface area contributed by atoms with Crippen LogP contribution in [0.25, 0.3) is 0 Å². The topological polar surface area (TPSA) is 66.5 Å². The molecular weight excluding hydrogens is 419 g/mol. The van der Waals surface area contributed by atoms with Crippen molar-refractivity contribution in [2.75, 3.05) is 10.6 Å². The van der Waals surface area contributed by atoms with E-state index in [9.17, 15) is 13.2 Å². The molecule has 2 aromatic rings. The van der Waals surface area contributed by atoms with Gasteiger partial charge in [0, 0.05) is 0 Å². The highest BCUT2D eigenvalue weighted by atomic mass is 35.5. The van der Waals surface area contributed by atoms with Gasteiger partial charge in [0.1, 0.15) is 6.04 Å². The standard InChI is InChI=1S/C20H24Cl2N2O3S/c1-12-6-7-16(10-13(12)2)14(3)23-20(25)15(4)24(28(5,26)27)17-8-9-18(21)19(22)11-17/h6-11,14-15H,1-5H3,(H,23,25)/t14-,15+/m0/s1. The lowest BCUT2D eigenvalue weighted by Crippen LogP contribution is -2.48. The number of sulfonamides is 1. The predicted octanol–water partition coefficient (Wildman–Crippen LogP) is 4.64. The van der Waals surface area contributed by atoms with Crippen molar-refractivity contribution in [3.63, 3.8) is 0 Å². The second kappa shape index (κ2) is 8.72. The lowest BCUT2D eigenvalue weighted by atomic mass is 10.0. The normalized spacial score (nSPS) is 13.7. The molecule has 8 heteroatoms. The van der Waals surface area contributed by atoms with Crippen LogP contribution in [-0.4, -0.2) is 26.6 Å². The summed E-state index contributed by atoms with van der Waals surface area (Å²) in [6.45, 7) is 7.42. The second-order valence-corrected chi connectivity index (χ2v) is 9.58. The Bertz CT molecular complexity index is 993. The molecule has 152 valence electrons. The number of hydrogen-bond donors (Lipinski definition) is 1. The molecule has 2 aromatic carbocycles. The number of aryl methyl sites for hydroxylation is 2. The molecule has 0 fully saturated rings. The van der Waals surface area contributed by atoms with Crippen LogP contribution in [-0.2, 0) is 14.8 Å². The number of halogens is 2. The fourth-order valence-corrected chi connectivity index (χ4v) is 4.34. The van der Waals surface area contributed by atoms with E-state index in [1.807, 2.05) is 39.0 Å². The van der Waals surface area contributed by atoms with E-state index in [0.717, 1.165) is 21.7 Å². The van der Waals surface area contributed by atoms with Gasteiger partial charge in [-0.05, 0) is 62.6 Å². The summed E-state index contributed by atoms with van der Waals surface area (Å²) in [5.41, 5.74) is 3.52. The SMILES string of the molecule is Cc1ccc([C@H](C)NC(=O)[C@@H](C)N(c2ccc(Cl)c(Cl)c2)S(C)(=O)=O)cc1C. The maximum absolute atomic E-state index is 12.8. The van der Waals surface area contributed by atoms with Gasteiger partial charge >= 0.3 is 0 Å². The number of anilines is 1. The molecule has 0 aliphatic rings. The van der Waals surface area contributed by atoms with Crippen molar-refractivity contribution in [2.24, 2.45) is 0 Å². The minimum Gasteiger partial charge on any atom is -0.348 e. The number of hydrogen-bond acceptors (Lipinski definition) is 3. The summed E-state index contributed by atoms with van der Waals surface area (Å²) in [6.07, 6.45) is 1.05. The van der Waals surface area contributed by atoms with Gasteiger partial charge in [-0.15, -0.1) is 0 Å². The summed E-state index contributed by atoms with van der Waals surface area (Å²) in [4.78, 5) is 12.8. The van der Waals surface area contributed by atoms with Gasteiger partial charge in [-0.1, -0.05) is 41.4 Å². The number of amides is 1. The number of carbonyl (C=O) groups is 1. The second-order valence-electron chi connectivity index (χ2n) is 6.91. The molecule has 28 heavy (non-hydrogen) atoms. The third-order valence-electron chi connectivity index (χ3n) is 4.64. The maximum Gasteiger partial charge on any atom is 0.244 e. The van der Waals surface area contributed by atoms with E-state index in [1.165, 1.54) is 30.7 Å². The summed E-state index contributed by atoms with van der Waals surface area (Å²) in [7, 11) is -3.73. The zero-order chi connectivity index (χ0) is 21.2. The van der Waals surface area contributed by atoms with Gasteiger partial charge in [0.15, 0.2) is 0 Å². The number of nitrogens with one attached hydrogen (secondary N) is 1. The quantitative estimate of drug-likeness (QED) is 0.707. The molecule has 1 amide bonds. The van der Waals surface area contributed by atoms with Crippen LogP contribution in [0.15, 0.2) is 36.4 Å². The molecule has 1 N–H and O–H groups in total. The van der Waals surface area contributed by atoms with Gasteiger partial charge in [0.05, 0.1) is 28.0 Å². The van der Waals surface area contributed by atoms with Crippen LogP contribution in [0.2, 0.25) is 10.0 Å². The summed E-state index contributed by atoms with van der Waals surface area (Å²) in [5.74, 6) is -0.415. The number of nitrogens with zero attached hydrogens (tertiary/aromatic N) is 1. The van der Waals surface area contributed by atoms with Gasteiger partial charge < -0.3 is 5.32 Å². The van der Waals surface area contributed by atoms with Crippen LogP contribution in [0, 0.1) is 13.8 Å². The first-order valence-corrected chi connectivity index (χ1v) is 11.3. The average Bonchev–Trinajstić information content (AvgIpc) is 2.59. The van der Waals surface area contributed by atoms with Crippen LogP contribution >= 0.6 is 23.2 Å². The largest absolute Gasteiger partial charge is 0.348 e. The fraction of sp³-hybridized carbons (Fsp3) is 0.350. The van der Waals surface area contributed by atoms with Crippen molar-refractivity contribution >= 4 is 44.8 Å². The Hall–Kier alpha value is -1.76. The van der Waals surface area contributed by atoms with E-state index in [2.05, 4.69) is 5.32 Å². The van der Waals surface area contributed by atoms with Crippen LogP contribution in [0.5, 0.6) is 0 Å². The van der Waals surface area contributed by atoms with E-state index in [-0.39, 0.29) is 16.8 Å². The summed E-state index contributed by atoms with van der Waals surface area (Å²) in [6, 6.07) is 9.16. The molecule has 0 bridgehead atoms. The van der Waals surface area contributed by atoms with Gasteiger partial charge in [0.25, 0.3) is 0 Å². The molecule has 0 aliphatic carbocycles.